The topological polar surface area (TPSA) is 52.0 Å². The van der Waals surface area contributed by atoms with Crippen LogP contribution in [0.1, 0.15) is 30.0 Å². The first kappa shape index (κ1) is 16.2. The molecule has 0 heterocycles. The average molecular weight is 269 g/mol. The third-order valence-electron chi connectivity index (χ3n) is 2.38. The summed E-state index contributed by atoms with van der Waals surface area (Å²) in [5, 5.41) is 0. The number of alkyl halides is 3. The summed E-state index contributed by atoms with van der Waals surface area (Å²) in [4.78, 5) is 0. The van der Waals surface area contributed by atoms with Crippen LogP contribution in [0.4, 0.5) is 13.2 Å². The fourth-order valence-corrected chi connectivity index (χ4v) is 1.57. The molecule has 0 spiro atoms. The van der Waals surface area contributed by atoms with Gasteiger partial charge in [-0.3, -0.25) is 0 Å². The van der Waals surface area contributed by atoms with Crippen molar-refractivity contribution in [3.05, 3.63) is 35.4 Å². The predicted molar refractivity (Wildman–Crippen MR) is 63.9 cm³/mol. The molecule has 1 rings (SSSR count). The van der Waals surface area contributed by atoms with E-state index in [0.29, 0.717) is 19.4 Å². The Hall–Kier alpha value is -0.780. The van der Waals surface area contributed by atoms with Gasteiger partial charge >= 0.3 is 6.18 Å². The Morgan fingerprint density at radius 3 is 2.29 bits per heavy atom. The van der Waals surface area contributed by atoms with E-state index in [0.717, 1.165) is 6.07 Å². The molecule has 17 heavy (non-hydrogen) atoms. The van der Waals surface area contributed by atoms with E-state index in [1.54, 1.807) is 6.07 Å². The molecule has 6 heteroatoms. The van der Waals surface area contributed by atoms with Crippen LogP contribution >= 0.6 is 12.4 Å². The van der Waals surface area contributed by atoms with Crippen molar-refractivity contribution in [2.75, 3.05) is 6.54 Å². The van der Waals surface area contributed by atoms with E-state index in [4.69, 9.17) is 11.5 Å². The third-order valence-corrected chi connectivity index (χ3v) is 2.38. The van der Waals surface area contributed by atoms with Gasteiger partial charge in [0.1, 0.15) is 0 Å². The molecule has 2 nitrogen and oxygen atoms in total. The van der Waals surface area contributed by atoms with Crippen LogP contribution in [0, 0.1) is 0 Å². The van der Waals surface area contributed by atoms with E-state index in [-0.39, 0.29) is 18.0 Å². The summed E-state index contributed by atoms with van der Waals surface area (Å²) in [6.45, 7) is 0.432. The average Bonchev–Trinajstić information content (AvgIpc) is 2.24. The van der Waals surface area contributed by atoms with Crippen LogP contribution in [0.2, 0.25) is 0 Å². The molecule has 0 saturated carbocycles. The van der Waals surface area contributed by atoms with Gasteiger partial charge in [-0.25, -0.2) is 0 Å². The fourth-order valence-electron chi connectivity index (χ4n) is 1.57. The molecule has 0 bridgehead atoms. The highest BCUT2D eigenvalue weighted by atomic mass is 35.5. The van der Waals surface area contributed by atoms with Crippen molar-refractivity contribution in [3.63, 3.8) is 0 Å². The summed E-state index contributed by atoms with van der Waals surface area (Å²) in [7, 11) is 0. The summed E-state index contributed by atoms with van der Waals surface area (Å²) in [6, 6.07) is 4.79. The van der Waals surface area contributed by atoms with Crippen LogP contribution in [0.5, 0.6) is 0 Å². The summed E-state index contributed by atoms with van der Waals surface area (Å²) in [5.41, 5.74) is 10.5. The van der Waals surface area contributed by atoms with E-state index < -0.39 is 17.8 Å². The molecule has 0 radical (unpaired) electrons. The van der Waals surface area contributed by atoms with Gasteiger partial charge in [0.2, 0.25) is 0 Å². The second kappa shape index (κ2) is 6.83. The minimum Gasteiger partial charge on any atom is -0.330 e. The Labute approximate surface area is 105 Å². The van der Waals surface area contributed by atoms with E-state index in [1.807, 2.05) is 0 Å². The number of hydrogen-bond donors (Lipinski definition) is 2. The maximum Gasteiger partial charge on any atom is 0.416 e. The quantitative estimate of drug-likeness (QED) is 0.882. The van der Waals surface area contributed by atoms with Gasteiger partial charge < -0.3 is 11.5 Å². The molecule has 0 aliphatic carbocycles. The smallest absolute Gasteiger partial charge is 0.330 e. The van der Waals surface area contributed by atoms with E-state index in [9.17, 15) is 13.2 Å². The van der Waals surface area contributed by atoms with Gasteiger partial charge in [0.25, 0.3) is 0 Å². The molecule has 1 atom stereocenters. The highest BCUT2D eigenvalue weighted by Crippen LogP contribution is 2.34. The van der Waals surface area contributed by atoms with Crippen molar-refractivity contribution in [1.29, 1.82) is 0 Å². The van der Waals surface area contributed by atoms with Gasteiger partial charge in [0.05, 0.1) is 5.56 Å². The lowest BCUT2D eigenvalue weighted by Crippen LogP contribution is -2.18. The van der Waals surface area contributed by atoms with Crippen molar-refractivity contribution >= 4 is 12.4 Å². The van der Waals surface area contributed by atoms with Crippen molar-refractivity contribution in [2.45, 2.75) is 25.1 Å². The summed E-state index contributed by atoms with van der Waals surface area (Å²) in [6.07, 6.45) is -3.27. The first-order valence-electron chi connectivity index (χ1n) is 5.08. The lowest BCUT2D eigenvalue weighted by atomic mass is 9.97. The van der Waals surface area contributed by atoms with Crippen LogP contribution in [-0.4, -0.2) is 6.54 Å². The maximum atomic E-state index is 12.7. The van der Waals surface area contributed by atoms with Crippen LogP contribution in [0.15, 0.2) is 24.3 Å². The molecular weight excluding hydrogens is 253 g/mol. The SMILES string of the molecule is Cl.NCCC[C@@H](N)c1ccccc1C(F)(F)F. The van der Waals surface area contributed by atoms with Crippen molar-refractivity contribution < 1.29 is 13.2 Å². The minimum atomic E-state index is -4.35. The van der Waals surface area contributed by atoms with E-state index in [1.165, 1.54) is 12.1 Å². The molecule has 1 aromatic rings. The number of nitrogens with two attached hydrogens (primary N) is 2. The normalized spacial score (nSPS) is 13.0. The molecule has 0 amide bonds. The van der Waals surface area contributed by atoms with Gasteiger partial charge in [0, 0.05) is 6.04 Å². The van der Waals surface area contributed by atoms with Crippen LogP contribution in [0.3, 0.4) is 0 Å². The molecule has 0 aromatic heterocycles. The number of benzene rings is 1. The second-order valence-corrected chi connectivity index (χ2v) is 3.62. The van der Waals surface area contributed by atoms with Gasteiger partial charge in [-0.15, -0.1) is 12.4 Å². The zero-order valence-electron chi connectivity index (χ0n) is 9.20. The van der Waals surface area contributed by atoms with E-state index >= 15 is 0 Å². The minimum absolute atomic E-state index is 0. The van der Waals surface area contributed by atoms with Crippen LogP contribution in [-0.2, 0) is 6.18 Å². The standard InChI is InChI=1S/C11H15F3N2.ClH/c12-11(13,14)9-5-2-1-4-8(9)10(16)6-3-7-15;/h1-2,4-5,10H,3,6-7,15-16H2;1H/t10-;/m1./s1. The largest absolute Gasteiger partial charge is 0.416 e. The zero-order valence-corrected chi connectivity index (χ0v) is 10.0. The predicted octanol–water partition coefficient (Wildman–Crippen LogP) is 2.87. The fraction of sp³-hybridized carbons (Fsp3) is 0.455. The van der Waals surface area contributed by atoms with Gasteiger partial charge in [-0.1, -0.05) is 18.2 Å². The molecule has 1 aromatic carbocycles. The Kier molecular flexibility index (Phi) is 6.52. The van der Waals surface area contributed by atoms with Crippen molar-refractivity contribution in [3.8, 4) is 0 Å². The summed E-state index contributed by atoms with van der Waals surface area (Å²) >= 11 is 0. The monoisotopic (exact) mass is 268 g/mol. The van der Waals surface area contributed by atoms with Crippen LogP contribution < -0.4 is 11.5 Å². The van der Waals surface area contributed by atoms with Gasteiger partial charge in [0.15, 0.2) is 0 Å². The Morgan fingerprint density at radius 2 is 1.76 bits per heavy atom. The first-order chi connectivity index (χ1) is 7.46. The lowest BCUT2D eigenvalue weighted by Gasteiger charge is -2.17. The highest BCUT2D eigenvalue weighted by Gasteiger charge is 2.34. The second-order valence-electron chi connectivity index (χ2n) is 3.62. The highest BCUT2D eigenvalue weighted by molar-refractivity contribution is 5.85. The van der Waals surface area contributed by atoms with Gasteiger partial charge in [-0.05, 0) is 31.0 Å². The molecule has 0 aliphatic heterocycles. The Bertz CT molecular complexity index is 342. The number of rotatable bonds is 4. The molecule has 0 unspecified atom stereocenters. The molecular formula is C11H16ClF3N2. The van der Waals surface area contributed by atoms with Crippen LogP contribution in [0.25, 0.3) is 0 Å². The molecule has 0 fully saturated rings. The molecule has 0 aliphatic rings. The number of hydrogen-bond acceptors (Lipinski definition) is 2. The molecule has 4 N–H and O–H groups in total. The lowest BCUT2D eigenvalue weighted by molar-refractivity contribution is -0.138. The summed E-state index contributed by atoms with van der Waals surface area (Å²) in [5.74, 6) is 0. The Balaban J connectivity index is 0.00000256. The Morgan fingerprint density at radius 1 is 1.18 bits per heavy atom. The van der Waals surface area contributed by atoms with Gasteiger partial charge in [-0.2, -0.15) is 13.2 Å². The summed E-state index contributed by atoms with van der Waals surface area (Å²) < 4.78 is 38.0. The number of halogens is 4. The van der Waals surface area contributed by atoms with E-state index in [2.05, 4.69) is 0 Å². The maximum absolute atomic E-state index is 12.7. The zero-order chi connectivity index (χ0) is 12.2. The molecule has 98 valence electrons. The first-order valence-corrected chi connectivity index (χ1v) is 5.08. The third kappa shape index (κ3) is 4.53. The van der Waals surface area contributed by atoms with Crippen molar-refractivity contribution in [1.82, 2.24) is 0 Å². The molecule has 0 saturated heterocycles. The van der Waals surface area contributed by atoms with Crippen molar-refractivity contribution in [2.24, 2.45) is 11.5 Å².